The Morgan fingerprint density at radius 1 is 1.24 bits per heavy atom. The Balaban J connectivity index is 1.97. The van der Waals surface area contributed by atoms with E-state index in [-0.39, 0.29) is 18.1 Å². The van der Waals surface area contributed by atoms with Crippen LogP contribution in [0.25, 0.3) is 0 Å². The molecular weight excluding hydrogens is 269 g/mol. The van der Waals surface area contributed by atoms with Gasteiger partial charge >= 0.3 is 0 Å². The molecule has 0 radical (unpaired) electrons. The predicted molar refractivity (Wildman–Crippen MR) is 79.7 cm³/mol. The second-order valence-corrected chi connectivity index (χ2v) is 4.90. The number of methoxy groups -OCH3 is 1. The Morgan fingerprint density at radius 3 is 2.76 bits per heavy atom. The van der Waals surface area contributed by atoms with Crippen LogP contribution in [0.3, 0.4) is 0 Å². The predicted octanol–water partition coefficient (Wildman–Crippen LogP) is 3.00. The van der Waals surface area contributed by atoms with Crippen molar-refractivity contribution in [1.29, 1.82) is 0 Å². The van der Waals surface area contributed by atoms with Crippen molar-refractivity contribution in [3.63, 3.8) is 0 Å². The lowest BCUT2D eigenvalue weighted by molar-refractivity contribution is -0.120. The van der Waals surface area contributed by atoms with Crippen LogP contribution in [0.5, 0.6) is 5.75 Å². The van der Waals surface area contributed by atoms with Crippen molar-refractivity contribution in [1.82, 2.24) is 5.32 Å². The number of halogens is 1. The van der Waals surface area contributed by atoms with Gasteiger partial charge in [0, 0.05) is 12.1 Å². The molecule has 1 amide bonds. The van der Waals surface area contributed by atoms with Crippen LogP contribution in [0.15, 0.2) is 42.5 Å². The SMILES string of the molecule is COc1ccc(F)cc1CC(=O)NCc1cccc(C)c1. The first-order valence-electron chi connectivity index (χ1n) is 6.73. The summed E-state index contributed by atoms with van der Waals surface area (Å²) >= 11 is 0. The maximum Gasteiger partial charge on any atom is 0.224 e. The van der Waals surface area contributed by atoms with E-state index in [0.717, 1.165) is 11.1 Å². The van der Waals surface area contributed by atoms with Crippen LogP contribution < -0.4 is 10.1 Å². The summed E-state index contributed by atoms with van der Waals surface area (Å²) in [5.41, 5.74) is 2.72. The molecule has 0 aromatic heterocycles. The highest BCUT2D eigenvalue weighted by atomic mass is 19.1. The standard InChI is InChI=1S/C17H18FNO2/c1-12-4-3-5-13(8-12)11-19-17(20)10-14-9-15(18)6-7-16(14)21-2/h3-9H,10-11H2,1-2H3,(H,19,20). The quantitative estimate of drug-likeness (QED) is 0.918. The first-order valence-corrected chi connectivity index (χ1v) is 6.73. The maximum atomic E-state index is 13.2. The first kappa shape index (κ1) is 15.0. The normalized spacial score (nSPS) is 10.2. The molecule has 2 rings (SSSR count). The summed E-state index contributed by atoms with van der Waals surface area (Å²) in [5.74, 6) is -0.0280. The van der Waals surface area contributed by atoms with Crippen LogP contribution in [-0.4, -0.2) is 13.0 Å². The van der Waals surface area contributed by atoms with Gasteiger partial charge in [-0.3, -0.25) is 4.79 Å². The molecule has 110 valence electrons. The summed E-state index contributed by atoms with van der Waals surface area (Å²) in [6, 6.07) is 12.1. The van der Waals surface area contributed by atoms with Crippen molar-refractivity contribution >= 4 is 5.91 Å². The fourth-order valence-corrected chi connectivity index (χ4v) is 2.14. The number of hydrogen-bond acceptors (Lipinski definition) is 2. The molecule has 0 fully saturated rings. The minimum atomic E-state index is -0.378. The third kappa shape index (κ3) is 4.31. The Bertz CT molecular complexity index is 640. The number of hydrogen-bond donors (Lipinski definition) is 1. The molecule has 0 bridgehead atoms. The molecule has 3 nitrogen and oxygen atoms in total. The molecule has 2 aromatic carbocycles. The molecule has 0 aliphatic heterocycles. The average molecular weight is 287 g/mol. The number of benzene rings is 2. The van der Waals surface area contributed by atoms with Crippen LogP contribution in [0.4, 0.5) is 4.39 Å². The van der Waals surface area contributed by atoms with Gasteiger partial charge in [0.05, 0.1) is 13.5 Å². The van der Waals surface area contributed by atoms with Crippen molar-refractivity contribution in [3.8, 4) is 5.75 Å². The Labute approximate surface area is 123 Å². The molecule has 0 saturated heterocycles. The molecular formula is C17H18FNO2. The number of carbonyl (C=O) groups is 1. The number of ether oxygens (including phenoxy) is 1. The first-order chi connectivity index (χ1) is 10.1. The summed E-state index contributed by atoms with van der Waals surface area (Å²) in [4.78, 5) is 12.0. The summed E-state index contributed by atoms with van der Waals surface area (Å²) < 4.78 is 18.4. The van der Waals surface area contributed by atoms with Gasteiger partial charge in [-0.2, -0.15) is 0 Å². The fourth-order valence-electron chi connectivity index (χ4n) is 2.14. The van der Waals surface area contributed by atoms with Gasteiger partial charge in [0.1, 0.15) is 11.6 Å². The molecule has 1 N–H and O–H groups in total. The van der Waals surface area contributed by atoms with E-state index in [2.05, 4.69) is 5.32 Å². The largest absolute Gasteiger partial charge is 0.496 e. The van der Waals surface area contributed by atoms with Crippen LogP contribution in [0.1, 0.15) is 16.7 Å². The highest BCUT2D eigenvalue weighted by molar-refractivity contribution is 5.79. The van der Waals surface area contributed by atoms with Crippen molar-refractivity contribution < 1.29 is 13.9 Å². The lowest BCUT2D eigenvalue weighted by Gasteiger charge is -2.09. The molecule has 0 unspecified atom stereocenters. The van der Waals surface area contributed by atoms with Gasteiger partial charge in [-0.05, 0) is 30.7 Å². The highest BCUT2D eigenvalue weighted by Crippen LogP contribution is 2.19. The summed E-state index contributed by atoms with van der Waals surface area (Å²) in [6.45, 7) is 2.46. The van der Waals surface area contributed by atoms with Gasteiger partial charge in [0.2, 0.25) is 5.91 Å². The molecule has 0 aliphatic carbocycles. The summed E-state index contributed by atoms with van der Waals surface area (Å²) in [5, 5.41) is 2.83. The van der Waals surface area contributed by atoms with Gasteiger partial charge in [-0.1, -0.05) is 29.8 Å². The van der Waals surface area contributed by atoms with E-state index >= 15 is 0 Å². The zero-order valence-corrected chi connectivity index (χ0v) is 12.2. The number of nitrogens with one attached hydrogen (secondary N) is 1. The Hall–Kier alpha value is -2.36. The molecule has 0 atom stereocenters. The number of aryl methyl sites for hydroxylation is 1. The summed E-state index contributed by atoms with van der Waals surface area (Å²) in [6.07, 6.45) is 0.0900. The smallest absolute Gasteiger partial charge is 0.224 e. The highest BCUT2D eigenvalue weighted by Gasteiger charge is 2.10. The zero-order chi connectivity index (χ0) is 15.2. The second kappa shape index (κ2) is 6.88. The molecule has 0 saturated carbocycles. The molecule has 0 heterocycles. The maximum absolute atomic E-state index is 13.2. The number of rotatable bonds is 5. The lowest BCUT2D eigenvalue weighted by Crippen LogP contribution is -2.24. The van der Waals surface area contributed by atoms with Gasteiger partial charge in [0.25, 0.3) is 0 Å². The van der Waals surface area contributed by atoms with Crippen LogP contribution in [-0.2, 0) is 17.8 Å². The van der Waals surface area contributed by atoms with Crippen molar-refractivity contribution in [2.24, 2.45) is 0 Å². The Kier molecular flexibility index (Phi) is 4.93. The van der Waals surface area contributed by atoms with E-state index in [1.165, 1.54) is 25.3 Å². The van der Waals surface area contributed by atoms with E-state index in [1.807, 2.05) is 31.2 Å². The van der Waals surface area contributed by atoms with E-state index < -0.39 is 0 Å². The molecule has 21 heavy (non-hydrogen) atoms. The molecule has 2 aromatic rings. The van der Waals surface area contributed by atoms with Crippen LogP contribution in [0.2, 0.25) is 0 Å². The minimum absolute atomic E-state index is 0.0900. The van der Waals surface area contributed by atoms with Gasteiger partial charge in [-0.15, -0.1) is 0 Å². The average Bonchev–Trinajstić information content (AvgIpc) is 2.45. The van der Waals surface area contributed by atoms with Crippen LogP contribution >= 0.6 is 0 Å². The van der Waals surface area contributed by atoms with Gasteiger partial charge in [-0.25, -0.2) is 4.39 Å². The third-order valence-electron chi connectivity index (χ3n) is 3.17. The summed E-state index contributed by atoms with van der Waals surface area (Å²) in [7, 11) is 1.50. The zero-order valence-electron chi connectivity index (χ0n) is 12.2. The third-order valence-corrected chi connectivity index (χ3v) is 3.17. The lowest BCUT2D eigenvalue weighted by atomic mass is 10.1. The fraction of sp³-hybridized carbons (Fsp3) is 0.235. The molecule has 0 spiro atoms. The monoisotopic (exact) mass is 287 g/mol. The van der Waals surface area contributed by atoms with Crippen molar-refractivity contribution in [2.75, 3.05) is 7.11 Å². The van der Waals surface area contributed by atoms with E-state index in [4.69, 9.17) is 4.74 Å². The van der Waals surface area contributed by atoms with E-state index in [0.29, 0.717) is 17.9 Å². The Morgan fingerprint density at radius 2 is 2.05 bits per heavy atom. The minimum Gasteiger partial charge on any atom is -0.496 e. The van der Waals surface area contributed by atoms with E-state index in [9.17, 15) is 9.18 Å². The van der Waals surface area contributed by atoms with Crippen molar-refractivity contribution in [3.05, 3.63) is 65.0 Å². The van der Waals surface area contributed by atoms with Crippen molar-refractivity contribution in [2.45, 2.75) is 19.9 Å². The van der Waals surface area contributed by atoms with Gasteiger partial charge < -0.3 is 10.1 Å². The topological polar surface area (TPSA) is 38.3 Å². The van der Waals surface area contributed by atoms with E-state index in [1.54, 1.807) is 0 Å². The number of amides is 1. The van der Waals surface area contributed by atoms with Gasteiger partial charge in [0.15, 0.2) is 0 Å². The second-order valence-electron chi connectivity index (χ2n) is 4.90. The van der Waals surface area contributed by atoms with Crippen LogP contribution in [0, 0.1) is 12.7 Å². The molecule has 0 aliphatic rings. The number of carbonyl (C=O) groups excluding carboxylic acids is 1. The molecule has 4 heteroatoms.